The Morgan fingerprint density at radius 3 is 2.33 bits per heavy atom. The number of nitrogen functional groups attached to an aromatic ring is 1. The highest BCUT2D eigenvalue weighted by Crippen LogP contribution is 2.29. The summed E-state index contributed by atoms with van der Waals surface area (Å²) in [7, 11) is 0. The molecule has 0 aliphatic heterocycles. The lowest BCUT2D eigenvalue weighted by molar-refractivity contribution is 1.35. The van der Waals surface area contributed by atoms with Gasteiger partial charge in [-0.2, -0.15) is 0 Å². The molecule has 0 saturated heterocycles. The van der Waals surface area contributed by atoms with E-state index in [0.717, 1.165) is 27.4 Å². The van der Waals surface area contributed by atoms with Gasteiger partial charge >= 0.3 is 0 Å². The zero-order valence-electron chi connectivity index (χ0n) is 8.54. The molecule has 15 heavy (non-hydrogen) atoms. The van der Waals surface area contributed by atoms with Gasteiger partial charge in [0.15, 0.2) is 5.13 Å². The summed E-state index contributed by atoms with van der Waals surface area (Å²) in [5.41, 5.74) is 9.73. The van der Waals surface area contributed by atoms with Crippen molar-refractivity contribution < 1.29 is 0 Å². The van der Waals surface area contributed by atoms with Crippen molar-refractivity contribution in [3.05, 3.63) is 33.7 Å². The van der Waals surface area contributed by atoms with E-state index in [1.54, 1.807) is 0 Å². The number of rotatable bonds is 1. The van der Waals surface area contributed by atoms with Gasteiger partial charge in [0.1, 0.15) is 0 Å². The maximum atomic E-state index is 6.10. The van der Waals surface area contributed by atoms with Gasteiger partial charge in [-0.3, -0.25) is 0 Å². The minimum absolute atomic E-state index is 0.593. The molecule has 1 heterocycles. The first-order chi connectivity index (χ1) is 7.08. The fourth-order valence-electron chi connectivity index (χ4n) is 1.51. The summed E-state index contributed by atoms with van der Waals surface area (Å²) >= 11 is 7.55. The van der Waals surface area contributed by atoms with Crippen molar-refractivity contribution in [2.75, 3.05) is 5.73 Å². The summed E-state index contributed by atoms with van der Waals surface area (Å²) in [4.78, 5) is 4.25. The summed E-state index contributed by atoms with van der Waals surface area (Å²) in [6.07, 6.45) is 0. The summed E-state index contributed by atoms with van der Waals surface area (Å²) in [5.74, 6) is 0. The van der Waals surface area contributed by atoms with E-state index in [4.69, 9.17) is 17.3 Å². The number of nitrogens with zero attached hydrogens (tertiary/aromatic N) is 1. The lowest BCUT2D eigenvalue weighted by Crippen LogP contribution is -1.87. The van der Waals surface area contributed by atoms with Crippen LogP contribution in [0.2, 0.25) is 5.02 Å². The number of aryl methyl sites for hydroxylation is 2. The third-order valence-electron chi connectivity index (χ3n) is 2.25. The molecule has 2 aromatic rings. The van der Waals surface area contributed by atoms with Crippen LogP contribution in [0.3, 0.4) is 0 Å². The average molecular weight is 239 g/mol. The van der Waals surface area contributed by atoms with Gasteiger partial charge in [0, 0.05) is 16.0 Å². The Kier molecular flexibility index (Phi) is 2.67. The summed E-state index contributed by atoms with van der Waals surface area (Å²) < 4.78 is 0. The van der Waals surface area contributed by atoms with Crippen LogP contribution in [-0.4, -0.2) is 4.98 Å². The molecule has 0 aliphatic carbocycles. The van der Waals surface area contributed by atoms with Gasteiger partial charge in [0.25, 0.3) is 0 Å². The fraction of sp³-hybridized carbons (Fsp3) is 0.182. The number of aromatic nitrogens is 1. The Bertz CT molecular complexity index is 482. The molecule has 1 aromatic carbocycles. The molecule has 78 valence electrons. The van der Waals surface area contributed by atoms with E-state index in [2.05, 4.69) is 4.98 Å². The lowest BCUT2D eigenvalue weighted by atomic mass is 10.1. The van der Waals surface area contributed by atoms with Gasteiger partial charge in [-0.05, 0) is 37.1 Å². The second kappa shape index (κ2) is 3.83. The van der Waals surface area contributed by atoms with Crippen LogP contribution in [0.4, 0.5) is 5.13 Å². The Balaban J connectivity index is 2.55. The van der Waals surface area contributed by atoms with Gasteiger partial charge in [-0.1, -0.05) is 11.6 Å². The first-order valence-electron chi connectivity index (χ1n) is 4.56. The molecule has 0 amide bonds. The minimum atomic E-state index is 0.593. The topological polar surface area (TPSA) is 38.9 Å². The Hall–Kier alpha value is -1.06. The van der Waals surface area contributed by atoms with Crippen LogP contribution >= 0.6 is 22.9 Å². The third kappa shape index (κ3) is 1.98. The van der Waals surface area contributed by atoms with E-state index >= 15 is 0 Å². The van der Waals surface area contributed by atoms with Gasteiger partial charge in [-0.25, -0.2) is 4.98 Å². The quantitative estimate of drug-likeness (QED) is 0.824. The number of nitrogens with two attached hydrogens (primary N) is 1. The molecule has 4 heteroatoms. The first-order valence-corrected chi connectivity index (χ1v) is 5.82. The van der Waals surface area contributed by atoms with Crippen molar-refractivity contribution in [2.45, 2.75) is 13.8 Å². The van der Waals surface area contributed by atoms with Crippen LogP contribution in [0, 0.1) is 13.8 Å². The van der Waals surface area contributed by atoms with Crippen molar-refractivity contribution in [1.82, 2.24) is 4.98 Å². The molecule has 0 spiro atoms. The van der Waals surface area contributed by atoms with Gasteiger partial charge < -0.3 is 5.73 Å². The van der Waals surface area contributed by atoms with Crippen molar-refractivity contribution in [2.24, 2.45) is 0 Å². The number of hydrogen-bond donors (Lipinski definition) is 1. The zero-order valence-corrected chi connectivity index (χ0v) is 10.1. The van der Waals surface area contributed by atoms with Crippen molar-refractivity contribution in [3.63, 3.8) is 0 Å². The number of hydrogen-bond acceptors (Lipinski definition) is 3. The summed E-state index contributed by atoms with van der Waals surface area (Å²) in [6, 6.07) is 4.06. The first kappa shape index (κ1) is 10.5. The monoisotopic (exact) mass is 238 g/mol. The van der Waals surface area contributed by atoms with Gasteiger partial charge in [0.2, 0.25) is 0 Å². The van der Waals surface area contributed by atoms with Crippen LogP contribution in [0.25, 0.3) is 11.3 Å². The normalized spacial score (nSPS) is 10.6. The second-order valence-corrected chi connectivity index (χ2v) is 4.76. The Morgan fingerprint density at radius 2 is 1.87 bits per heavy atom. The molecule has 0 aliphatic rings. The largest absolute Gasteiger partial charge is 0.375 e. The number of benzene rings is 1. The highest BCUT2D eigenvalue weighted by molar-refractivity contribution is 7.13. The van der Waals surface area contributed by atoms with Crippen LogP contribution in [0.1, 0.15) is 11.1 Å². The van der Waals surface area contributed by atoms with E-state index in [1.165, 1.54) is 11.3 Å². The molecule has 2 N–H and O–H groups in total. The average Bonchev–Trinajstić information content (AvgIpc) is 2.60. The number of halogens is 1. The van der Waals surface area contributed by atoms with Crippen molar-refractivity contribution >= 4 is 28.1 Å². The van der Waals surface area contributed by atoms with E-state index < -0.39 is 0 Å². The highest BCUT2D eigenvalue weighted by Gasteiger charge is 2.06. The predicted octanol–water partition coefficient (Wildman–Crippen LogP) is 3.66. The van der Waals surface area contributed by atoms with Crippen LogP contribution in [0.5, 0.6) is 0 Å². The summed E-state index contributed by atoms with van der Waals surface area (Å²) in [5, 5.41) is 3.37. The molecule has 2 nitrogen and oxygen atoms in total. The second-order valence-electron chi connectivity index (χ2n) is 3.50. The van der Waals surface area contributed by atoms with Crippen LogP contribution in [-0.2, 0) is 0 Å². The molecule has 0 bridgehead atoms. The Labute approximate surface area is 97.7 Å². The van der Waals surface area contributed by atoms with Crippen molar-refractivity contribution in [1.29, 1.82) is 0 Å². The fourth-order valence-corrected chi connectivity index (χ4v) is 2.20. The molecule has 1 aromatic heterocycles. The minimum Gasteiger partial charge on any atom is -0.375 e. The Morgan fingerprint density at radius 1 is 1.27 bits per heavy atom. The van der Waals surface area contributed by atoms with E-state index in [9.17, 15) is 0 Å². The standard InChI is InChI=1S/C11H11ClN2S/c1-6-3-8(4-7(2)10(6)12)9-5-15-11(13)14-9/h3-5H,1-2H3,(H2,13,14). The maximum absolute atomic E-state index is 6.10. The molecule has 0 saturated carbocycles. The van der Waals surface area contributed by atoms with E-state index in [-0.39, 0.29) is 0 Å². The highest BCUT2D eigenvalue weighted by atomic mass is 35.5. The molecule has 0 atom stereocenters. The molecule has 0 unspecified atom stereocenters. The van der Waals surface area contributed by atoms with Gasteiger partial charge in [-0.15, -0.1) is 11.3 Å². The van der Waals surface area contributed by atoms with Crippen LogP contribution < -0.4 is 5.73 Å². The summed E-state index contributed by atoms with van der Waals surface area (Å²) in [6.45, 7) is 3.99. The third-order valence-corrected chi connectivity index (χ3v) is 3.52. The molecule has 0 fully saturated rings. The lowest BCUT2D eigenvalue weighted by Gasteiger charge is -2.05. The smallest absolute Gasteiger partial charge is 0.180 e. The molecular weight excluding hydrogens is 228 g/mol. The molecular formula is C11H11ClN2S. The predicted molar refractivity (Wildman–Crippen MR) is 66.4 cm³/mol. The van der Waals surface area contributed by atoms with Gasteiger partial charge in [0.05, 0.1) is 5.69 Å². The molecule has 0 radical (unpaired) electrons. The molecule has 2 rings (SSSR count). The number of thiazole rings is 1. The van der Waals surface area contributed by atoms with E-state index in [0.29, 0.717) is 5.13 Å². The zero-order chi connectivity index (χ0) is 11.0. The van der Waals surface area contributed by atoms with Crippen molar-refractivity contribution in [3.8, 4) is 11.3 Å². The maximum Gasteiger partial charge on any atom is 0.180 e. The number of anilines is 1. The van der Waals surface area contributed by atoms with E-state index in [1.807, 2.05) is 31.4 Å². The van der Waals surface area contributed by atoms with Crippen LogP contribution in [0.15, 0.2) is 17.5 Å². The SMILES string of the molecule is Cc1cc(-c2csc(N)n2)cc(C)c1Cl.